The number of fused-ring (bicyclic) bond motifs is 1. The van der Waals surface area contributed by atoms with Crippen molar-refractivity contribution in [2.45, 2.75) is 25.9 Å². The molecule has 0 radical (unpaired) electrons. The third-order valence-electron chi connectivity index (χ3n) is 3.88. The number of aryl methyl sites for hydroxylation is 1. The number of hydrogen-bond acceptors (Lipinski definition) is 2. The average Bonchev–Trinajstić information content (AvgIpc) is 2.49. The minimum atomic E-state index is -0.269. The van der Waals surface area contributed by atoms with Crippen LogP contribution in [0, 0.1) is 6.92 Å². The van der Waals surface area contributed by atoms with Crippen LogP contribution in [0.3, 0.4) is 0 Å². The summed E-state index contributed by atoms with van der Waals surface area (Å²) >= 11 is 5.95. The smallest absolute Gasteiger partial charge is 0.127 e. The molecule has 1 unspecified atom stereocenters. The zero-order valence-electron chi connectivity index (χ0n) is 12.3. The molecule has 0 saturated heterocycles. The van der Waals surface area contributed by atoms with E-state index in [0.717, 1.165) is 17.1 Å². The zero-order valence-corrected chi connectivity index (χ0v) is 13.0. The monoisotopic (exact) mass is 298 g/mol. The summed E-state index contributed by atoms with van der Waals surface area (Å²) in [4.78, 5) is 0. The molecule has 2 aromatic carbocycles. The molecule has 108 valence electrons. The molecule has 0 aromatic heterocycles. The molecule has 2 aromatic rings. The van der Waals surface area contributed by atoms with E-state index in [9.17, 15) is 0 Å². The lowest BCUT2D eigenvalue weighted by molar-refractivity contribution is 0.627. The first-order valence-corrected chi connectivity index (χ1v) is 7.60. The molecule has 3 heteroatoms. The molecular weight excluding hydrogens is 280 g/mol. The predicted molar refractivity (Wildman–Crippen MR) is 91.9 cm³/mol. The van der Waals surface area contributed by atoms with Crippen LogP contribution >= 0.6 is 11.6 Å². The van der Waals surface area contributed by atoms with Gasteiger partial charge in [0.2, 0.25) is 0 Å². The Morgan fingerprint density at radius 3 is 2.62 bits per heavy atom. The Balaban J connectivity index is 1.90. The largest absolute Gasteiger partial charge is 0.360 e. The minimum absolute atomic E-state index is 0.269. The average molecular weight is 299 g/mol. The first kappa shape index (κ1) is 14.0. The molecular formula is C18H19ClN2. The summed E-state index contributed by atoms with van der Waals surface area (Å²) in [5.41, 5.74) is 4.43. The molecule has 0 aliphatic carbocycles. The second-order valence-corrected chi connectivity index (χ2v) is 5.94. The molecule has 1 aliphatic rings. The molecule has 0 fully saturated rings. The number of hydrogen-bond donors (Lipinski definition) is 2. The van der Waals surface area contributed by atoms with Crippen LogP contribution in [-0.2, 0) is 0 Å². The van der Waals surface area contributed by atoms with Crippen molar-refractivity contribution < 1.29 is 0 Å². The Kier molecular flexibility index (Phi) is 3.64. The van der Waals surface area contributed by atoms with Crippen molar-refractivity contribution in [3.05, 3.63) is 64.7 Å². The van der Waals surface area contributed by atoms with Gasteiger partial charge in [-0.1, -0.05) is 36.7 Å². The van der Waals surface area contributed by atoms with Crippen LogP contribution in [0.2, 0.25) is 5.02 Å². The standard InChI is InChI=1S/C18H19ClN2/c1-3-18(20-16-8-6-15(19)7-9-16)11-10-14-5-4-13(2)12-17(14)21-18/h4-12,20-21H,3H2,1-2H3. The van der Waals surface area contributed by atoms with Gasteiger partial charge in [0.15, 0.2) is 0 Å². The van der Waals surface area contributed by atoms with Gasteiger partial charge in [-0.25, -0.2) is 0 Å². The Morgan fingerprint density at radius 2 is 1.90 bits per heavy atom. The van der Waals surface area contributed by atoms with Gasteiger partial charge in [-0.3, -0.25) is 0 Å². The number of benzene rings is 2. The van der Waals surface area contributed by atoms with Crippen molar-refractivity contribution in [1.82, 2.24) is 0 Å². The summed E-state index contributed by atoms with van der Waals surface area (Å²) in [5, 5.41) is 7.96. The second-order valence-electron chi connectivity index (χ2n) is 5.51. The van der Waals surface area contributed by atoms with E-state index in [1.165, 1.54) is 16.8 Å². The lowest BCUT2D eigenvalue weighted by atomic mass is 9.97. The molecule has 0 bridgehead atoms. The van der Waals surface area contributed by atoms with Gasteiger partial charge in [-0.15, -0.1) is 0 Å². The molecule has 3 rings (SSSR count). The van der Waals surface area contributed by atoms with Gasteiger partial charge in [0, 0.05) is 16.4 Å². The number of nitrogens with one attached hydrogen (secondary N) is 2. The number of anilines is 2. The second kappa shape index (κ2) is 5.45. The fourth-order valence-corrected chi connectivity index (χ4v) is 2.72. The van der Waals surface area contributed by atoms with Gasteiger partial charge in [0.25, 0.3) is 0 Å². The van der Waals surface area contributed by atoms with Gasteiger partial charge in [-0.05, 0) is 60.9 Å². The van der Waals surface area contributed by atoms with Crippen LogP contribution in [0.4, 0.5) is 11.4 Å². The van der Waals surface area contributed by atoms with Crippen molar-refractivity contribution in [3.63, 3.8) is 0 Å². The van der Waals surface area contributed by atoms with Gasteiger partial charge in [-0.2, -0.15) is 0 Å². The Labute approximate surface area is 130 Å². The molecule has 1 aliphatic heterocycles. The summed E-state index contributed by atoms with van der Waals surface area (Å²) in [6.07, 6.45) is 5.30. The van der Waals surface area contributed by atoms with E-state index in [2.05, 4.69) is 54.8 Å². The number of halogens is 1. The first-order chi connectivity index (χ1) is 10.1. The SMILES string of the molecule is CCC1(Nc2ccc(Cl)cc2)C=Cc2ccc(C)cc2N1. The van der Waals surface area contributed by atoms with E-state index in [-0.39, 0.29) is 5.66 Å². The Morgan fingerprint density at radius 1 is 1.14 bits per heavy atom. The maximum Gasteiger partial charge on any atom is 0.127 e. The zero-order chi connectivity index (χ0) is 14.9. The maximum absolute atomic E-state index is 5.95. The van der Waals surface area contributed by atoms with E-state index in [0.29, 0.717) is 0 Å². The van der Waals surface area contributed by atoms with Crippen LogP contribution in [-0.4, -0.2) is 5.66 Å². The molecule has 1 atom stereocenters. The summed E-state index contributed by atoms with van der Waals surface area (Å²) in [7, 11) is 0. The van der Waals surface area contributed by atoms with E-state index in [1.807, 2.05) is 24.3 Å². The third kappa shape index (κ3) is 2.91. The van der Waals surface area contributed by atoms with Crippen LogP contribution in [0.25, 0.3) is 6.08 Å². The maximum atomic E-state index is 5.95. The van der Waals surface area contributed by atoms with Gasteiger partial charge in [0.1, 0.15) is 5.66 Å². The summed E-state index contributed by atoms with van der Waals surface area (Å²) in [6, 6.07) is 14.3. The van der Waals surface area contributed by atoms with Crippen molar-refractivity contribution in [1.29, 1.82) is 0 Å². The van der Waals surface area contributed by atoms with Crippen molar-refractivity contribution >= 4 is 29.1 Å². The molecule has 0 saturated carbocycles. The molecule has 21 heavy (non-hydrogen) atoms. The van der Waals surface area contributed by atoms with E-state index in [1.54, 1.807) is 0 Å². The Hall–Kier alpha value is -1.93. The third-order valence-corrected chi connectivity index (χ3v) is 4.14. The van der Waals surface area contributed by atoms with Crippen LogP contribution < -0.4 is 10.6 Å². The van der Waals surface area contributed by atoms with Gasteiger partial charge in [0.05, 0.1) is 0 Å². The van der Waals surface area contributed by atoms with Crippen LogP contribution in [0.5, 0.6) is 0 Å². The fraction of sp³-hybridized carbons (Fsp3) is 0.222. The normalized spacial score (nSPS) is 19.8. The summed E-state index contributed by atoms with van der Waals surface area (Å²) in [5.74, 6) is 0. The topological polar surface area (TPSA) is 24.1 Å². The van der Waals surface area contributed by atoms with Crippen molar-refractivity contribution in [2.24, 2.45) is 0 Å². The summed E-state index contributed by atoms with van der Waals surface area (Å²) < 4.78 is 0. The highest BCUT2D eigenvalue weighted by atomic mass is 35.5. The highest BCUT2D eigenvalue weighted by molar-refractivity contribution is 6.30. The fourth-order valence-electron chi connectivity index (χ4n) is 2.60. The van der Waals surface area contributed by atoms with Gasteiger partial charge < -0.3 is 10.6 Å². The Bertz CT molecular complexity index is 676. The van der Waals surface area contributed by atoms with Crippen molar-refractivity contribution in [3.8, 4) is 0 Å². The molecule has 1 heterocycles. The van der Waals surface area contributed by atoms with Crippen molar-refractivity contribution in [2.75, 3.05) is 10.6 Å². The number of rotatable bonds is 3. The van der Waals surface area contributed by atoms with E-state index in [4.69, 9.17) is 11.6 Å². The first-order valence-electron chi connectivity index (χ1n) is 7.22. The molecule has 2 nitrogen and oxygen atoms in total. The van der Waals surface area contributed by atoms with Crippen LogP contribution in [0.1, 0.15) is 24.5 Å². The molecule has 2 N–H and O–H groups in total. The highest BCUT2D eigenvalue weighted by Crippen LogP contribution is 2.32. The molecule has 0 amide bonds. The van der Waals surface area contributed by atoms with Crippen LogP contribution in [0.15, 0.2) is 48.5 Å². The van der Waals surface area contributed by atoms with E-state index >= 15 is 0 Å². The molecule has 0 spiro atoms. The summed E-state index contributed by atoms with van der Waals surface area (Å²) in [6.45, 7) is 4.28. The lowest BCUT2D eigenvalue weighted by Crippen LogP contribution is -2.45. The minimum Gasteiger partial charge on any atom is -0.360 e. The highest BCUT2D eigenvalue weighted by Gasteiger charge is 2.28. The predicted octanol–water partition coefficient (Wildman–Crippen LogP) is 5.31. The van der Waals surface area contributed by atoms with E-state index < -0.39 is 0 Å². The van der Waals surface area contributed by atoms with Gasteiger partial charge >= 0.3 is 0 Å². The lowest BCUT2D eigenvalue weighted by Gasteiger charge is -2.37. The quantitative estimate of drug-likeness (QED) is 0.803.